The molecule has 16 heavy (non-hydrogen) atoms. The molecular formula is C13H21NO2. The molecule has 1 aromatic rings. The summed E-state index contributed by atoms with van der Waals surface area (Å²) in [5, 5.41) is 0. The Hall–Kier alpha value is -0.900. The molecule has 0 heterocycles. The van der Waals surface area contributed by atoms with E-state index in [1.165, 1.54) is 5.56 Å². The molecule has 0 aliphatic rings. The van der Waals surface area contributed by atoms with Crippen molar-refractivity contribution >= 4 is 0 Å². The van der Waals surface area contributed by atoms with Crippen LogP contribution >= 0.6 is 0 Å². The molecule has 0 aliphatic carbocycles. The number of aryl methyl sites for hydroxylation is 1. The van der Waals surface area contributed by atoms with Gasteiger partial charge in [0.05, 0.1) is 0 Å². The third-order valence-electron chi connectivity index (χ3n) is 2.86. The molecule has 1 rings (SSSR count). The zero-order valence-corrected chi connectivity index (χ0v) is 10.3. The molecule has 0 fully saturated rings. The summed E-state index contributed by atoms with van der Waals surface area (Å²) in [5.74, 6) is -0.660. The molecule has 0 radical (unpaired) electrons. The minimum atomic E-state index is -0.660. The monoisotopic (exact) mass is 223 g/mol. The molecule has 0 unspecified atom stereocenters. The third-order valence-corrected chi connectivity index (χ3v) is 2.86. The van der Waals surface area contributed by atoms with Crippen molar-refractivity contribution in [3.8, 4) is 0 Å². The predicted molar refractivity (Wildman–Crippen MR) is 65.2 cm³/mol. The van der Waals surface area contributed by atoms with Gasteiger partial charge in [-0.2, -0.15) is 0 Å². The first-order chi connectivity index (χ1) is 7.68. The maximum atomic E-state index is 5.54. The zero-order valence-electron chi connectivity index (χ0n) is 10.3. The van der Waals surface area contributed by atoms with Gasteiger partial charge in [0.1, 0.15) is 0 Å². The normalized spacial score (nSPS) is 11.8. The van der Waals surface area contributed by atoms with Crippen LogP contribution in [0.5, 0.6) is 0 Å². The van der Waals surface area contributed by atoms with Crippen LogP contribution in [-0.2, 0) is 15.3 Å². The van der Waals surface area contributed by atoms with Crippen molar-refractivity contribution in [1.29, 1.82) is 0 Å². The number of nitrogens with two attached hydrogens (primary N) is 1. The smallest absolute Gasteiger partial charge is 0.194 e. The van der Waals surface area contributed by atoms with Gasteiger partial charge in [-0.1, -0.05) is 29.8 Å². The van der Waals surface area contributed by atoms with Crippen LogP contribution in [0.4, 0.5) is 0 Å². The Morgan fingerprint density at radius 1 is 1.12 bits per heavy atom. The lowest BCUT2D eigenvalue weighted by atomic mass is 9.99. The lowest BCUT2D eigenvalue weighted by Crippen LogP contribution is -2.31. The van der Waals surface area contributed by atoms with E-state index in [-0.39, 0.29) is 0 Å². The van der Waals surface area contributed by atoms with Gasteiger partial charge in [0.15, 0.2) is 5.79 Å². The van der Waals surface area contributed by atoms with Crippen LogP contribution < -0.4 is 5.73 Å². The van der Waals surface area contributed by atoms with Crippen LogP contribution in [0.2, 0.25) is 0 Å². The number of rotatable bonds is 6. The average molecular weight is 223 g/mol. The van der Waals surface area contributed by atoms with Gasteiger partial charge in [-0.3, -0.25) is 0 Å². The molecule has 0 bridgehead atoms. The molecule has 0 saturated heterocycles. The van der Waals surface area contributed by atoms with E-state index < -0.39 is 5.79 Å². The van der Waals surface area contributed by atoms with Gasteiger partial charge in [0.25, 0.3) is 0 Å². The second-order valence-corrected chi connectivity index (χ2v) is 3.92. The molecule has 0 aromatic heterocycles. The molecule has 0 saturated carbocycles. The Kier molecular flexibility index (Phi) is 4.93. The van der Waals surface area contributed by atoms with E-state index in [0.717, 1.165) is 18.4 Å². The van der Waals surface area contributed by atoms with Crippen LogP contribution in [0.3, 0.4) is 0 Å². The van der Waals surface area contributed by atoms with Crippen molar-refractivity contribution < 1.29 is 9.47 Å². The quantitative estimate of drug-likeness (QED) is 0.752. The molecule has 0 amide bonds. The maximum Gasteiger partial charge on any atom is 0.194 e. The summed E-state index contributed by atoms with van der Waals surface area (Å²) in [6, 6.07) is 8.20. The number of methoxy groups -OCH3 is 2. The molecule has 1 aromatic carbocycles. The van der Waals surface area contributed by atoms with Crippen LogP contribution in [-0.4, -0.2) is 20.8 Å². The largest absolute Gasteiger partial charge is 0.349 e. The van der Waals surface area contributed by atoms with Crippen LogP contribution in [0.15, 0.2) is 24.3 Å². The Morgan fingerprint density at radius 2 is 1.69 bits per heavy atom. The van der Waals surface area contributed by atoms with Crippen molar-refractivity contribution in [2.75, 3.05) is 20.8 Å². The van der Waals surface area contributed by atoms with Gasteiger partial charge in [-0.15, -0.1) is 0 Å². The third kappa shape index (κ3) is 2.82. The molecule has 0 aliphatic heterocycles. The van der Waals surface area contributed by atoms with Crippen molar-refractivity contribution in [1.82, 2.24) is 0 Å². The van der Waals surface area contributed by atoms with E-state index in [1.54, 1.807) is 14.2 Å². The summed E-state index contributed by atoms with van der Waals surface area (Å²) >= 11 is 0. The molecule has 90 valence electrons. The molecule has 3 nitrogen and oxygen atoms in total. The second kappa shape index (κ2) is 5.99. The van der Waals surface area contributed by atoms with Gasteiger partial charge in [-0.25, -0.2) is 0 Å². The second-order valence-electron chi connectivity index (χ2n) is 3.92. The highest BCUT2D eigenvalue weighted by molar-refractivity contribution is 5.25. The Morgan fingerprint density at radius 3 is 2.12 bits per heavy atom. The first kappa shape index (κ1) is 13.2. The minimum Gasteiger partial charge on any atom is -0.349 e. The molecule has 0 atom stereocenters. The predicted octanol–water partition coefficient (Wildman–Crippen LogP) is 2.18. The highest BCUT2D eigenvalue weighted by atomic mass is 16.7. The lowest BCUT2D eigenvalue weighted by Gasteiger charge is -2.31. The van der Waals surface area contributed by atoms with Crippen LogP contribution in [0, 0.1) is 6.92 Å². The van der Waals surface area contributed by atoms with E-state index in [0.29, 0.717) is 6.54 Å². The van der Waals surface area contributed by atoms with E-state index in [2.05, 4.69) is 19.1 Å². The summed E-state index contributed by atoms with van der Waals surface area (Å²) < 4.78 is 11.1. The zero-order chi connectivity index (χ0) is 12.0. The summed E-state index contributed by atoms with van der Waals surface area (Å²) in [6.45, 7) is 2.70. The van der Waals surface area contributed by atoms with Gasteiger partial charge in [-0.05, 0) is 19.9 Å². The fraction of sp³-hybridized carbons (Fsp3) is 0.538. The maximum absolute atomic E-state index is 5.54. The Bertz CT molecular complexity index is 304. The van der Waals surface area contributed by atoms with Gasteiger partial charge in [0, 0.05) is 26.2 Å². The van der Waals surface area contributed by atoms with E-state index in [4.69, 9.17) is 15.2 Å². The molecule has 0 spiro atoms. The van der Waals surface area contributed by atoms with E-state index >= 15 is 0 Å². The lowest BCUT2D eigenvalue weighted by molar-refractivity contribution is -0.220. The van der Waals surface area contributed by atoms with E-state index in [9.17, 15) is 0 Å². The van der Waals surface area contributed by atoms with Crippen LogP contribution in [0.25, 0.3) is 0 Å². The first-order valence-corrected chi connectivity index (χ1v) is 5.56. The Labute approximate surface area is 97.6 Å². The number of ether oxygens (including phenoxy) is 2. The number of benzene rings is 1. The standard InChI is InChI=1S/C13H21NO2/c1-11-5-7-12(8-6-11)13(15-2,16-3)9-4-10-14/h5-8H,4,9-10,14H2,1-3H3. The highest BCUT2D eigenvalue weighted by Crippen LogP contribution is 2.31. The van der Waals surface area contributed by atoms with Crippen molar-refractivity contribution in [3.63, 3.8) is 0 Å². The average Bonchev–Trinajstić information content (AvgIpc) is 2.33. The van der Waals surface area contributed by atoms with Crippen molar-refractivity contribution in [2.45, 2.75) is 25.6 Å². The summed E-state index contributed by atoms with van der Waals surface area (Å²) in [5.41, 5.74) is 7.80. The van der Waals surface area contributed by atoms with Crippen molar-refractivity contribution in [3.05, 3.63) is 35.4 Å². The summed E-state index contributed by atoms with van der Waals surface area (Å²) in [7, 11) is 3.33. The first-order valence-electron chi connectivity index (χ1n) is 5.56. The molecule has 2 N–H and O–H groups in total. The van der Waals surface area contributed by atoms with Gasteiger partial charge >= 0.3 is 0 Å². The summed E-state index contributed by atoms with van der Waals surface area (Å²) in [4.78, 5) is 0. The highest BCUT2D eigenvalue weighted by Gasteiger charge is 2.31. The van der Waals surface area contributed by atoms with E-state index in [1.807, 2.05) is 12.1 Å². The van der Waals surface area contributed by atoms with Gasteiger partial charge < -0.3 is 15.2 Å². The van der Waals surface area contributed by atoms with Crippen LogP contribution in [0.1, 0.15) is 24.0 Å². The molecule has 3 heteroatoms. The van der Waals surface area contributed by atoms with Crippen molar-refractivity contribution in [2.24, 2.45) is 5.73 Å². The number of hydrogen-bond donors (Lipinski definition) is 1. The fourth-order valence-electron chi connectivity index (χ4n) is 1.81. The number of hydrogen-bond acceptors (Lipinski definition) is 3. The minimum absolute atomic E-state index is 0.639. The Balaban J connectivity index is 2.95. The SMILES string of the molecule is COC(CCCN)(OC)c1ccc(C)cc1. The molecular weight excluding hydrogens is 202 g/mol. The topological polar surface area (TPSA) is 44.5 Å². The fourth-order valence-corrected chi connectivity index (χ4v) is 1.81. The summed E-state index contributed by atoms with van der Waals surface area (Å²) in [6.07, 6.45) is 1.63. The van der Waals surface area contributed by atoms with Gasteiger partial charge in [0.2, 0.25) is 0 Å².